The Morgan fingerprint density at radius 1 is 1.22 bits per heavy atom. The van der Waals surface area contributed by atoms with Gasteiger partial charge in [-0.05, 0) is 57.3 Å². The molecule has 0 radical (unpaired) electrons. The minimum Gasteiger partial charge on any atom is -0.506 e. The third kappa shape index (κ3) is 5.43. The highest BCUT2D eigenvalue weighted by molar-refractivity contribution is 14.1. The molecule has 2 N–H and O–H groups in total. The Hall–Kier alpha value is -0.140. The first-order valence-corrected chi connectivity index (χ1v) is 11.2. The number of phenolic OH excluding ortho intramolecular Hbond substituents is 1. The van der Waals surface area contributed by atoms with Gasteiger partial charge in [-0.25, -0.2) is 13.2 Å². The Bertz CT molecular complexity index is 679. The number of sulfone groups is 1. The first-order valence-electron chi connectivity index (χ1n) is 7.18. The van der Waals surface area contributed by atoms with E-state index in [1.54, 1.807) is 12.1 Å². The van der Waals surface area contributed by atoms with Gasteiger partial charge in [-0.2, -0.15) is 0 Å². The Kier molecular flexibility index (Phi) is 6.92. The van der Waals surface area contributed by atoms with Crippen molar-refractivity contribution in [1.29, 1.82) is 0 Å². The number of aromatic hydroxyl groups is 1. The number of hydrogen-bond acceptors (Lipinski definition) is 5. The summed E-state index contributed by atoms with van der Waals surface area (Å²) in [6.07, 6.45) is 0.669. The van der Waals surface area contributed by atoms with Gasteiger partial charge in [0.05, 0.1) is 41.3 Å². The van der Waals surface area contributed by atoms with E-state index in [2.05, 4.69) is 0 Å². The van der Waals surface area contributed by atoms with Crippen LogP contribution in [-0.2, 0) is 14.6 Å². The lowest BCUT2D eigenvalue weighted by Gasteiger charge is -2.23. The van der Waals surface area contributed by atoms with Crippen molar-refractivity contribution in [3.63, 3.8) is 0 Å². The van der Waals surface area contributed by atoms with Crippen LogP contribution in [0.3, 0.4) is 0 Å². The van der Waals surface area contributed by atoms with E-state index in [-0.39, 0.29) is 29.4 Å². The van der Waals surface area contributed by atoms with Crippen LogP contribution >= 0.6 is 45.2 Å². The fraction of sp³-hybridized carbons (Fsp3) is 0.500. The second-order valence-corrected chi connectivity index (χ2v) is 10.0. The number of carbonyl (C=O) groups is 1. The number of halogens is 2. The molecule has 0 atom stereocenters. The summed E-state index contributed by atoms with van der Waals surface area (Å²) >= 11 is 3.96. The molecule has 0 aromatic heterocycles. The SMILES string of the molecule is O=C(OCCC[NH+]1CCS(=O)(=O)CC1)c1c(I)ccc(I)c1O. The Labute approximate surface area is 162 Å². The van der Waals surface area contributed by atoms with Crippen LogP contribution in [0.4, 0.5) is 0 Å². The summed E-state index contributed by atoms with van der Waals surface area (Å²) in [6, 6.07) is 3.50. The molecule has 1 aliphatic rings. The van der Waals surface area contributed by atoms with Gasteiger partial charge in [0.15, 0.2) is 9.84 Å². The maximum Gasteiger partial charge on any atom is 0.343 e. The summed E-state index contributed by atoms with van der Waals surface area (Å²) in [5, 5.41) is 9.98. The van der Waals surface area contributed by atoms with E-state index in [1.165, 1.54) is 4.90 Å². The van der Waals surface area contributed by atoms with Gasteiger partial charge in [0.2, 0.25) is 0 Å². The monoisotopic (exact) mass is 566 g/mol. The lowest BCUT2D eigenvalue weighted by Crippen LogP contribution is -3.14. The predicted molar refractivity (Wildman–Crippen MR) is 103 cm³/mol. The van der Waals surface area contributed by atoms with Crippen LogP contribution in [0.15, 0.2) is 12.1 Å². The zero-order valence-electron chi connectivity index (χ0n) is 12.3. The van der Waals surface area contributed by atoms with Gasteiger partial charge in [-0.1, -0.05) is 0 Å². The van der Waals surface area contributed by atoms with Crippen molar-refractivity contribution in [3.8, 4) is 5.75 Å². The van der Waals surface area contributed by atoms with Crippen molar-refractivity contribution < 1.29 is 28.0 Å². The van der Waals surface area contributed by atoms with Gasteiger partial charge >= 0.3 is 5.97 Å². The first kappa shape index (κ1) is 19.2. The third-order valence-electron chi connectivity index (χ3n) is 3.72. The second kappa shape index (κ2) is 8.30. The van der Waals surface area contributed by atoms with Gasteiger partial charge in [0, 0.05) is 9.99 Å². The van der Waals surface area contributed by atoms with Crippen molar-refractivity contribution in [2.75, 3.05) is 37.7 Å². The van der Waals surface area contributed by atoms with E-state index in [9.17, 15) is 18.3 Å². The fourth-order valence-corrected chi connectivity index (χ4v) is 4.88. The molecule has 1 saturated heterocycles. The highest BCUT2D eigenvalue weighted by Gasteiger charge is 2.24. The van der Waals surface area contributed by atoms with E-state index in [0.717, 1.165) is 6.54 Å². The maximum absolute atomic E-state index is 12.1. The number of rotatable bonds is 5. The summed E-state index contributed by atoms with van der Waals surface area (Å²) in [4.78, 5) is 13.3. The van der Waals surface area contributed by atoms with Crippen molar-refractivity contribution in [2.24, 2.45) is 0 Å². The third-order valence-corrected chi connectivity index (χ3v) is 7.14. The molecule has 1 aromatic carbocycles. The number of esters is 1. The number of carbonyl (C=O) groups excluding carboxylic acids is 1. The van der Waals surface area contributed by atoms with Gasteiger partial charge in [0.1, 0.15) is 11.3 Å². The highest BCUT2D eigenvalue weighted by atomic mass is 127. The Balaban J connectivity index is 1.79. The molecule has 0 spiro atoms. The highest BCUT2D eigenvalue weighted by Crippen LogP contribution is 2.29. The molecule has 1 aliphatic heterocycles. The van der Waals surface area contributed by atoms with Crippen molar-refractivity contribution in [2.45, 2.75) is 6.42 Å². The smallest absolute Gasteiger partial charge is 0.343 e. The van der Waals surface area contributed by atoms with E-state index in [1.807, 2.05) is 45.2 Å². The van der Waals surface area contributed by atoms with E-state index in [4.69, 9.17) is 4.74 Å². The van der Waals surface area contributed by atoms with Crippen LogP contribution in [0.25, 0.3) is 0 Å². The predicted octanol–water partition coefficient (Wildman–Crippen LogP) is 0.462. The van der Waals surface area contributed by atoms with Crippen LogP contribution in [0.5, 0.6) is 5.75 Å². The number of quaternary nitrogens is 1. The number of nitrogens with one attached hydrogen (secondary N) is 1. The lowest BCUT2D eigenvalue weighted by molar-refractivity contribution is -0.896. The summed E-state index contributed by atoms with van der Waals surface area (Å²) in [6.45, 7) is 2.27. The topological polar surface area (TPSA) is 85.1 Å². The molecular weight excluding hydrogens is 548 g/mol. The molecule has 6 nitrogen and oxygen atoms in total. The molecule has 1 aromatic rings. The molecule has 0 bridgehead atoms. The molecule has 0 saturated carbocycles. The molecule has 0 unspecified atom stereocenters. The van der Waals surface area contributed by atoms with Crippen LogP contribution in [0.2, 0.25) is 0 Å². The first-order chi connectivity index (χ1) is 10.8. The molecule has 23 heavy (non-hydrogen) atoms. The minimum atomic E-state index is -2.84. The molecule has 0 aliphatic carbocycles. The van der Waals surface area contributed by atoms with Crippen LogP contribution < -0.4 is 4.90 Å². The van der Waals surface area contributed by atoms with Crippen LogP contribution in [0, 0.1) is 7.14 Å². The van der Waals surface area contributed by atoms with Crippen molar-refractivity contribution in [3.05, 3.63) is 24.8 Å². The summed E-state index contributed by atoms with van der Waals surface area (Å²) in [7, 11) is -2.84. The largest absolute Gasteiger partial charge is 0.506 e. The maximum atomic E-state index is 12.1. The number of phenols is 1. The van der Waals surface area contributed by atoms with Crippen LogP contribution in [-0.4, -0.2) is 57.2 Å². The molecular formula is C14H18I2NO5S+. The quantitative estimate of drug-likeness (QED) is 0.308. The average molecular weight is 566 g/mol. The molecule has 9 heteroatoms. The standard InChI is InChI=1S/C14H17I2NO5S/c15-10-2-3-11(16)13(18)12(10)14(19)22-7-1-4-17-5-8-23(20,21)9-6-17/h2-3,18H,1,4-9H2/p+1. The number of ether oxygens (including phenoxy) is 1. The zero-order valence-corrected chi connectivity index (χ0v) is 17.5. The molecule has 1 heterocycles. The normalized spacial score (nSPS) is 17.8. The molecule has 0 amide bonds. The lowest BCUT2D eigenvalue weighted by atomic mass is 10.2. The Morgan fingerprint density at radius 2 is 1.83 bits per heavy atom. The second-order valence-electron chi connectivity index (χ2n) is 5.39. The van der Waals surface area contributed by atoms with Crippen LogP contribution in [0.1, 0.15) is 16.8 Å². The van der Waals surface area contributed by atoms with Crippen molar-refractivity contribution >= 4 is 61.0 Å². The zero-order chi connectivity index (χ0) is 17.0. The van der Waals surface area contributed by atoms with E-state index in [0.29, 0.717) is 26.7 Å². The summed E-state index contributed by atoms with van der Waals surface area (Å²) in [5.41, 5.74) is 0.203. The fourth-order valence-electron chi connectivity index (χ4n) is 2.37. The minimum absolute atomic E-state index is 0.0469. The van der Waals surface area contributed by atoms with Gasteiger partial charge in [-0.3, -0.25) is 0 Å². The van der Waals surface area contributed by atoms with Gasteiger partial charge < -0.3 is 14.7 Å². The summed E-state index contributed by atoms with van der Waals surface area (Å²) in [5.74, 6) is -0.108. The Morgan fingerprint density at radius 3 is 2.48 bits per heavy atom. The van der Waals surface area contributed by atoms with Gasteiger partial charge in [-0.15, -0.1) is 0 Å². The number of hydrogen-bond donors (Lipinski definition) is 2. The van der Waals surface area contributed by atoms with E-state index >= 15 is 0 Å². The summed E-state index contributed by atoms with van der Waals surface area (Å²) < 4.78 is 29.2. The molecule has 2 rings (SSSR count). The van der Waals surface area contributed by atoms with E-state index < -0.39 is 15.8 Å². The van der Waals surface area contributed by atoms with Gasteiger partial charge in [0.25, 0.3) is 0 Å². The van der Waals surface area contributed by atoms with Crippen molar-refractivity contribution in [1.82, 2.24) is 0 Å². The molecule has 1 fully saturated rings. The average Bonchev–Trinajstić information content (AvgIpc) is 2.49. The number of benzene rings is 1. The molecule has 128 valence electrons.